The molecule has 0 amide bonds. The fourth-order valence-corrected chi connectivity index (χ4v) is 3.35. The zero-order valence-corrected chi connectivity index (χ0v) is 15.1. The van der Waals surface area contributed by atoms with Gasteiger partial charge in [-0.25, -0.2) is 4.98 Å². The zero-order valence-electron chi connectivity index (χ0n) is 15.1. The van der Waals surface area contributed by atoms with Gasteiger partial charge in [0.15, 0.2) is 0 Å². The Labute approximate surface area is 152 Å². The van der Waals surface area contributed by atoms with Crippen molar-refractivity contribution in [1.29, 1.82) is 0 Å². The number of fused-ring (bicyclic) bond motifs is 1. The summed E-state index contributed by atoms with van der Waals surface area (Å²) < 4.78 is 13.2. The Hall–Kier alpha value is -2.67. The molecule has 1 saturated heterocycles. The van der Waals surface area contributed by atoms with E-state index in [0.29, 0.717) is 12.4 Å². The maximum absolute atomic E-state index is 6.03. The Bertz CT molecular complexity index is 895. The van der Waals surface area contributed by atoms with E-state index in [0.717, 1.165) is 48.8 Å². The summed E-state index contributed by atoms with van der Waals surface area (Å²) in [5.41, 5.74) is 2.17. The molecule has 0 radical (unpaired) electrons. The lowest BCUT2D eigenvalue weighted by atomic mass is 10.1. The highest BCUT2D eigenvalue weighted by atomic mass is 16.5. The van der Waals surface area contributed by atoms with Crippen LogP contribution in [0.2, 0.25) is 0 Å². The van der Waals surface area contributed by atoms with E-state index in [9.17, 15) is 0 Å². The number of anilines is 1. The molecule has 0 unspecified atom stereocenters. The summed E-state index contributed by atoms with van der Waals surface area (Å²) in [5, 5.41) is 4.36. The van der Waals surface area contributed by atoms with E-state index in [1.165, 1.54) is 0 Å². The normalized spacial score (nSPS) is 17.6. The van der Waals surface area contributed by atoms with Crippen molar-refractivity contribution < 1.29 is 9.47 Å². The van der Waals surface area contributed by atoms with Crippen molar-refractivity contribution in [2.45, 2.75) is 25.9 Å². The molecule has 1 atom stereocenters. The average Bonchev–Trinajstić information content (AvgIpc) is 3.16. The zero-order chi connectivity index (χ0) is 17.9. The lowest BCUT2D eigenvalue weighted by molar-refractivity contribution is 0.0392. The second-order valence-corrected chi connectivity index (χ2v) is 6.41. The van der Waals surface area contributed by atoms with Crippen molar-refractivity contribution >= 4 is 11.6 Å². The molecule has 1 aliphatic heterocycles. The molecule has 136 valence electrons. The van der Waals surface area contributed by atoms with Gasteiger partial charge in [0, 0.05) is 24.8 Å². The summed E-state index contributed by atoms with van der Waals surface area (Å²) >= 11 is 0. The highest BCUT2D eigenvalue weighted by Gasteiger charge is 2.25. The van der Waals surface area contributed by atoms with Crippen LogP contribution >= 0.6 is 0 Å². The maximum atomic E-state index is 6.03. The van der Waals surface area contributed by atoms with E-state index in [1.807, 2.05) is 22.7 Å². The third-order valence-corrected chi connectivity index (χ3v) is 4.65. The van der Waals surface area contributed by atoms with Gasteiger partial charge in [-0.3, -0.25) is 0 Å². The van der Waals surface area contributed by atoms with Gasteiger partial charge in [0.25, 0.3) is 5.78 Å². The van der Waals surface area contributed by atoms with Crippen LogP contribution in [0.5, 0.6) is 5.75 Å². The Morgan fingerprint density at radius 1 is 1.31 bits per heavy atom. The van der Waals surface area contributed by atoms with Gasteiger partial charge in [0.1, 0.15) is 24.0 Å². The highest BCUT2D eigenvalue weighted by molar-refractivity contribution is 5.48. The fourth-order valence-electron chi connectivity index (χ4n) is 3.35. The summed E-state index contributed by atoms with van der Waals surface area (Å²) in [4.78, 5) is 11.2. The van der Waals surface area contributed by atoms with Gasteiger partial charge in [-0.2, -0.15) is 14.6 Å². The van der Waals surface area contributed by atoms with E-state index in [2.05, 4.69) is 39.0 Å². The molecule has 1 aliphatic rings. The molecule has 4 rings (SSSR count). The van der Waals surface area contributed by atoms with E-state index in [4.69, 9.17) is 9.47 Å². The summed E-state index contributed by atoms with van der Waals surface area (Å²) in [6.07, 6.45) is 3.52. The number of aromatic nitrogens is 4. The molecule has 0 aliphatic carbocycles. The third-order valence-electron chi connectivity index (χ3n) is 4.65. The van der Waals surface area contributed by atoms with Crippen LogP contribution in [-0.4, -0.2) is 46.4 Å². The van der Waals surface area contributed by atoms with Crippen molar-refractivity contribution in [2.24, 2.45) is 0 Å². The predicted molar refractivity (Wildman–Crippen MR) is 98.7 cm³/mol. The van der Waals surface area contributed by atoms with Crippen molar-refractivity contribution in [3.8, 4) is 5.75 Å². The van der Waals surface area contributed by atoms with E-state index in [-0.39, 0.29) is 6.10 Å². The van der Waals surface area contributed by atoms with Crippen LogP contribution in [0.4, 0.5) is 5.82 Å². The van der Waals surface area contributed by atoms with Crippen LogP contribution in [0.3, 0.4) is 0 Å². The van der Waals surface area contributed by atoms with Crippen molar-refractivity contribution in [3.63, 3.8) is 0 Å². The minimum Gasteiger partial charge on any atom is -0.497 e. The minimum atomic E-state index is -0.0137. The molecule has 26 heavy (non-hydrogen) atoms. The first-order valence-electron chi connectivity index (χ1n) is 8.98. The highest BCUT2D eigenvalue weighted by Crippen LogP contribution is 2.28. The molecule has 0 saturated carbocycles. The van der Waals surface area contributed by atoms with Gasteiger partial charge in [-0.15, -0.1) is 0 Å². The Morgan fingerprint density at radius 2 is 2.23 bits per heavy atom. The monoisotopic (exact) mass is 353 g/mol. The first-order chi connectivity index (χ1) is 12.8. The van der Waals surface area contributed by atoms with Crippen LogP contribution < -0.4 is 9.64 Å². The summed E-state index contributed by atoms with van der Waals surface area (Å²) in [7, 11) is 1.68. The Balaban J connectivity index is 1.65. The molecular formula is C19H23N5O2. The number of methoxy groups -OCH3 is 1. The van der Waals surface area contributed by atoms with Gasteiger partial charge >= 0.3 is 0 Å². The van der Waals surface area contributed by atoms with Gasteiger partial charge in [0.2, 0.25) is 0 Å². The summed E-state index contributed by atoms with van der Waals surface area (Å²) in [6.45, 7) is 4.37. The van der Waals surface area contributed by atoms with Gasteiger partial charge in [0.05, 0.1) is 13.7 Å². The van der Waals surface area contributed by atoms with Gasteiger partial charge in [-0.1, -0.05) is 25.5 Å². The first kappa shape index (κ1) is 16.8. The fraction of sp³-hybridized carbons (Fsp3) is 0.421. The molecule has 1 fully saturated rings. The number of hydrogen-bond acceptors (Lipinski definition) is 6. The van der Waals surface area contributed by atoms with E-state index < -0.39 is 0 Å². The van der Waals surface area contributed by atoms with Crippen molar-refractivity contribution in [3.05, 3.63) is 47.9 Å². The molecule has 2 aromatic heterocycles. The average molecular weight is 353 g/mol. The number of aryl methyl sites for hydroxylation is 1. The molecule has 0 bridgehead atoms. The Morgan fingerprint density at radius 3 is 3.08 bits per heavy atom. The minimum absolute atomic E-state index is 0.0137. The van der Waals surface area contributed by atoms with Gasteiger partial charge in [-0.05, 0) is 24.1 Å². The van der Waals surface area contributed by atoms with Crippen LogP contribution in [0, 0.1) is 0 Å². The number of benzene rings is 1. The first-order valence-corrected chi connectivity index (χ1v) is 8.98. The molecule has 1 aromatic carbocycles. The molecular weight excluding hydrogens is 330 g/mol. The molecule has 0 N–H and O–H groups in total. The van der Waals surface area contributed by atoms with Crippen molar-refractivity contribution in [2.75, 3.05) is 31.7 Å². The lowest BCUT2D eigenvalue weighted by Gasteiger charge is -2.34. The topological polar surface area (TPSA) is 64.8 Å². The predicted octanol–water partition coefficient (Wildman–Crippen LogP) is 2.66. The lowest BCUT2D eigenvalue weighted by Crippen LogP contribution is -2.39. The number of morpholine rings is 1. The van der Waals surface area contributed by atoms with E-state index >= 15 is 0 Å². The number of nitrogens with zero attached hydrogens (tertiary/aromatic N) is 5. The standard InChI is InChI=1S/C19H23N5O2/c1-3-5-15-11-18(24-19(22-15)20-13-21-24)23-8-9-26-17(12-23)14-6-4-7-16(10-14)25-2/h4,6-7,10-11,13,17H,3,5,8-9,12H2,1-2H3/t17-/m1/s1. The molecule has 7 heteroatoms. The molecule has 0 spiro atoms. The number of rotatable bonds is 5. The molecule has 3 heterocycles. The second kappa shape index (κ2) is 7.29. The SMILES string of the molecule is CCCc1cc(N2CCO[C@@H](c3cccc(OC)c3)C2)n2ncnc2n1. The second-order valence-electron chi connectivity index (χ2n) is 6.41. The summed E-state index contributed by atoms with van der Waals surface area (Å²) in [6, 6.07) is 10.2. The van der Waals surface area contributed by atoms with Crippen molar-refractivity contribution in [1.82, 2.24) is 19.6 Å². The number of ether oxygens (including phenoxy) is 2. The van der Waals surface area contributed by atoms with E-state index in [1.54, 1.807) is 13.4 Å². The van der Waals surface area contributed by atoms with Crippen LogP contribution in [0.15, 0.2) is 36.7 Å². The van der Waals surface area contributed by atoms with Gasteiger partial charge < -0.3 is 14.4 Å². The smallest absolute Gasteiger partial charge is 0.254 e. The maximum Gasteiger partial charge on any atom is 0.254 e. The third kappa shape index (κ3) is 3.22. The molecule has 7 nitrogen and oxygen atoms in total. The Kier molecular flexibility index (Phi) is 4.71. The summed E-state index contributed by atoms with van der Waals surface area (Å²) in [5.74, 6) is 2.51. The molecule has 3 aromatic rings. The number of hydrogen-bond donors (Lipinski definition) is 0. The largest absolute Gasteiger partial charge is 0.497 e. The van der Waals surface area contributed by atoms with Crippen LogP contribution in [0.25, 0.3) is 5.78 Å². The van der Waals surface area contributed by atoms with Crippen LogP contribution in [-0.2, 0) is 11.2 Å². The quantitative estimate of drug-likeness (QED) is 0.703. The van der Waals surface area contributed by atoms with Crippen LogP contribution in [0.1, 0.15) is 30.7 Å².